The Morgan fingerprint density at radius 1 is 1.20 bits per heavy atom. The normalized spacial score (nSPS) is 27.4. The van der Waals surface area contributed by atoms with Crippen molar-refractivity contribution in [3.05, 3.63) is 22.7 Å². The molecule has 1 aromatic carbocycles. The molecule has 110 valence electrons. The van der Waals surface area contributed by atoms with Crippen molar-refractivity contribution in [3.8, 4) is 0 Å². The molecular formula is C14H19BrN2O2S. The SMILES string of the molecule is Nc1ccc(S(=O)(=O)N2CCC3CCCCC32)cc1Br. The van der Waals surface area contributed by atoms with Crippen LogP contribution in [0, 0.1) is 5.92 Å². The molecule has 0 bridgehead atoms. The number of nitrogen functional groups attached to an aromatic ring is 1. The summed E-state index contributed by atoms with van der Waals surface area (Å²) in [5.74, 6) is 0.552. The molecule has 20 heavy (non-hydrogen) atoms. The van der Waals surface area contributed by atoms with Gasteiger partial charge in [0, 0.05) is 22.7 Å². The average Bonchev–Trinajstić information content (AvgIpc) is 2.86. The highest BCUT2D eigenvalue weighted by molar-refractivity contribution is 9.10. The number of halogens is 1. The number of nitrogens with zero attached hydrogens (tertiary/aromatic N) is 1. The minimum atomic E-state index is -3.40. The highest BCUT2D eigenvalue weighted by atomic mass is 79.9. The third kappa shape index (κ3) is 2.38. The zero-order valence-corrected chi connectivity index (χ0v) is 13.7. The third-order valence-electron chi connectivity index (χ3n) is 4.54. The molecular weight excluding hydrogens is 340 g/mol. The van der Waals surface area contributed by atoms with E-state index in [1.807, 2.05) is 0 Å². The van der Waals surface area contributed by atoms with E-state index in [0.29, 0.717) is 27.5 Å². The van der Waals surface area contributed by atoms with E-state index >= 15 is 0 Å². The third-order valence-corrected chi connectivity index (χ3v) is 7.14. The zero-order valence-electron chi connectivity index (χ0n) is 11.3. The molecule has 2 fully saturated rings. The maximum absolute atomic E-state index is 12.8. The molecule has 0 radical (unpaired) electrons. The van der Waals surface area contributed by atoms with Crippen LogP contribution in [-0.4, -0.2) is 25.3 Å². The lowest BCUT2D eigenvalue weighted by Gasteiger charge is -2.31. The number of hydrogen-bond donors (Lipinski definition) is 1. The second-order valence-corrected chi connectivity index (χ2v) is 8.44. The van der Waals surface area contributed by atoms with Crippen LogP contribution in [0.3, 0.4) is 0 Å². The summed E-state index contributed by atoms with van der Waals surface area (Å²) in [6, 6.07) is 5.06. The van der Waals surface area contributed by atoms with Gasteiger partial charge >= 0.3 is 0 Å². The maximum Gasteiger partial charge on any atom is 0.243 e. The topological polar surface area (TPSA) is 63.4 Å². The van der Waals surface area contributed by atoms with Crippen molar-refractivity contribution in [2.45, 2.75) is 43.0 Å². The van der Waals surface area contributed by atoms with Crippen LogP contribution in [-0.2, 0) is 10.0 Å². The van der Waals surface area contributed by atoms with Gasteiger partial charge in [-0.2, -0.15) is 4.31 Å². The van der Waals surface area contributed by atoms with Gasteiger partial charge in [-0.25, -0.2) is 8.42 Å². The molecule has 0 amide bonds. The number of hydrogen-bond acceptors (Lipinski definition) is 3. The summed E-state index contributed by atoms with van der Waals surface area (Å²) in [5, 5.41) is 0. The van der Waals surface area contributed by atoms with E-state index in [1.54, 1.807) is 22.5 Å². The Morgan fingerprint density at radius 2 is 1.95 bits per heavy atom. The Bertz CT molecular complexity index is 618. The first kappa shape index (κ1) is 14.4. The van der Waals surface area contributed by atoms with Gasteiger partial charge in [-0.1, -0.05) is 12.8 Å². The molecule has 2 aliphatic rings. The van der Waals surface area contributed by atoms with Gasteiger partial charge in [0.25, 0.3) is 0 Å². The number of nitrogens with two attached hydrogens (primary N) is 1. The maximum atomic E-state index is 12.8. The van der Waals surface area contributed by atoms with E-state index in [4.69, 9.17) is 5.73 Å². The lowest BCUT2D eigenvalue weighted by atomic mass is 9.86. The molecule has 1 aromatic rings. The van der Waals surface area contributed by atoms with Crippen molar-refractivity contribution in [1.82, 2.24) is 4.31 Å². The number of fused-ring (bicyclic) bond motifs is 1. The van der Waals surface area contributed by atoms with E-state index < -0.39 is 10.0 Å². The van der Waals surface area contributed by atoms with Gasteiger partial charge in [0.2, 0.25) is 10.0 Å². The van der Waals surface area contributed by atoms with Crippen LogP contribution in [0.5, 0.6) is 0 Å². The van der Waals surface area contributed by atoms with Gasteiger partial charge in [-0.3, -0.25) is 0 Å². The van der Waals surface area contributed by atoms with Gasteiger partial charge in [0.1, 0.15) is 0 Å². The van der Waals surface area contributed by atoms with Crippen LogP contribution in [0.1, 0.15) is 32.1 Å². The summed E-state index contributed by atoms with van der Waals surface area (Å²) in [5.41, 5.74) is 6.29. The van der Waals surface area contributed by atoms with Crippen LogP contribution < -0.4 is 5.73 Å². The van der Waals surface area contributed by atoms with Gasteiger partial charge in [-0.05, 0) is 59.3 Å². The van der Waals surface area contributed by atoms with Crippen molar-refractivity contribution in [2.75, 3.05) is 12.3 Å². The Kier molecular flexibility index (Phi) is 3.81. The monoisotopic (exact) mass is 358 g/mol. The van der Waals surface area contributed by atoms with Crippen molar-refractivity contribution in [2.24, 2.45) is 5.92 Å². The van der Waals surface area contributed by atoms with Crippen LogP contribution in [0.2, 0.25) is 0 Å². The van der Waals surface area contributed by atoms with E-state index in [2.05, 4.69) is 15.9 Å². The Labute approximate surface area is 128 Å². The van der Waals surface area contributed by atoms with Crippen LogP contribution >= 0.6 is 15.9 Å². The van der Waals surface area contributed by atoms with Crippen molar-refractivity contribution >= 4 is 31.6 Å². The number of sulfonamides is 1. The predicted molar refractivity (Wildman–Crippen MR) is 82.8 cm³/mol. The number of benzene rings is 1. The molecule has 1 aliphatic carbocycles. The summed E-state index contributed by atoms with van der Waals surface area (Å²) in [7, 11) is -3.40. The standard InChI is InChI=1S/C14H19BrN2O2S/c15-12-9-11(5-6-13(12)16)20(18,19)17-8-7-10-3-1-2-4-14(10)17/h5-6,9-10,14H,1-4,7-8,16H2. The van der Waals surface area contributed by atoms with E-state index in [0.717, 1.165) is 19.3 Å². The van der Waals surface area contributed by atoms with Gasteiger partial charge in [0.05, 0.1) is 4.90 Å². The second kappa shape index (κ2) is 5.31. The zero-order chi connectivity index (χ0) is 14.3. The van der Waals surface area contributed by atoms with Gasteiger partial charge in [0.15, 0.2) is 0 Å². The predicted octanol–water partition coefficient (Wildman–Crippen LogP) is 2.98. The van der Waals surface area contributed by atoms with Gasteiger partial charge < -0.3 is 5.73 Å². The molecule has 2 atom stereocenters. The fraction of sp³-hybridized carbons (Fsp3) is 0.571. The van der Waals surface area contributed by atoms with E-state index in [-0.39, 0.29) is 6.04 Å². The lowest BCUT2D eigenvalue weighted by Crippen LogP contribution is -2.39. The van der Waals surface area contributed by atoms with Crippen LogP contribution in [0.4, 0.5) is 5.69 Å². The molecule has 1 saturated heterocycles. The molecule has 2 unspecified atom stereocenters. The molecule has 2 N–H and O–H groups in total. The minimum absolute atomic E-state index is 0.199. The second-order valence-electron chi connectivity index (χ2n) is 5.70. The molecule has 0 aromatic heterocycles. The smallest absolute Gasteiger partial charge is 0.243 e. The van der Waals surface area contributed by atoms with Crippen LogP contribution in [0.25, 0.3) is 0 Å². The van der Waals surface area contributed by atoms with Gasteiger partial charge in [-0.15, -0.1) is 0 Å². The summed E-state index contributed by atoms with van der Waals surface area (Å²) in [4.78, 5) is 0.338. The fourth-order valence-electron chi connectivity index (χ4n) is 3.46. The Morgan fingerprint density at radius 3 is 2.70 bits per heavy atom. The first-order valence-electron chi connectivity index (χ1n) is 7.07. The van der Waals surface area contributed by atoms with Crippen LogP contribution in [0.15, 0.2) is 27.6 Å². The first-order chi connectivity index (χ1) is 9.50. The first-order valence-corrected chi connectivity index (χ1v) is 9.30. The summed E-state index contributed by atoms with van der Waals surface area (Å²) in [6.45, 7) is 0.652. The highest BCUT2D eigenvalue weighted by Crippen LogP contribution is 2.39. The fourth-order valence-corrected chi connectivity index (χ4v) is 5.75. The molecule has 3 rings (SSSR count). The summed E-state index contributed by atoms with van der Waals surface area (Å²) < 4.78 is 28.0. The van der Waals surface area contributed by atoms with E-state index in [1.165, 1.54) is 12.8 Å². The molecule has 1 aliphatic heterocycles. The quantitative estimate of drug-likeness (QED) is 0.826. The average molecular weight is 359 g/mol. The molecule has 6 heteroatoms. The summed E-state index contributed by atoms with van der Waals surface area (Å²) in [6.07, 6.45) is 5.54. The number of rotatable bonds is 2. The van der Waals surface area contributed by atoms with Crippen molar-refractivity contribution in [3.63, 3.8) is 0 Å². The molecule has 0 spiro atoms. The van der Waals surface area contributed by atoms with Crippen molar-refractivity contribution in [1.29, 1.82) is 0 Å². The minimum Gasteiger partial charge on any atom is -0.398 e. The summed E-state index contributed by atoms with van der Waals surface area (Å²) >= 11 is 3.31. The van der Waals surface area contributed by atoms with Crippen molar-refractivity contribution < 1.29 is 8.42 Å². The Hall–Kier alpha value is -0.590. The molecule has 1 saturated carbocycles. The molecule has 4 nitrogen and oxygen atoms in total. The number of anilines is 1. The van der Waals surface area contributed by atoms with E-state index in [9.17, 15) is 8.42 Å². The lowest BCUT2D eigenvalue weighted by molar-refractivity contribution is 0.260. The molecule has 1 heterocycles. The largest absolute Gasteiger partial charge is 0.398 e. The highest BCUT2D eigenvalue weighted by Gasteiger charge is 2.42. The Balaban J connectivity index is 1.93.